The van der Waals surface area contributed by atoms with Crippen molar-refractivity contribution in [3.8, 4) is 0 Å². The second kappa shape index (κ2) is 9.50. The number of pyridine rings is 2. The van der Waals surface area contributed by atoms with Gasteiger partial charge in [-0.15, -0.1) is 0 Å². The largest absolute Gasteiger partial charge is 0.353 e. The van der Waals surface area contributed by atoms with Crippen molar-refractivity contribution < 1.29 is 4.79 Å². The number of nitrogens with zero attached hydrogens (tertiary/aromatic N) is 4. The number of hydrogen-bond acceptors (Lipinski definition) is 5. The van der Waals surface area contributed by atoms with E-state index in [0.29, 0.717) is 12.1 Å². The molecule has 1 aliphatic rings. The third kappa shape index (κ3) is 4.83. The first kappa shape index (κ1) is 20.0. The Kier molecular flexibility index (Phi) is 6.35. The van der Waals surface area contributed by atoms with Gasteiger partial charge >= 0.3 is 0 Å². The maximum absolute atomic E-state index is 12.7. The van der Waals surface area contributed by atoms with Crippen LogP contribution in [0, 0.1) is 0 Å². The zero-order chi connectivity index (χ0) is 20.8. The van der Waals surface area contributed by atoms with E-state index in [1.54, 1.807) is 17.3 Å². The predicted octanol–water partition coefficient (Wildman–Crippen LogP) is 2.94. The maximum Gasteiger partial charge on any atom is 0.255 e. The first-order chi connectivity index (χ1) is 14.7. The van der Waals surface area contributed by atoms with Crippen LogP contribution in [0.3, 0.4) is 0 Å². The molecule has 1 aliphatic heterocycles. The molecule has 0 bridgehead atoms. The summed E-state index contributed by atoms with van der Waals surface area (Å²) in [5, 5.41) is 3.57. The molecule has 0 aliphatic carbocycles. The molecule has 3 heterocycles. The monoisotopic (exact) mass is 401 g/mol. The van der Waals surface area contributed by atoms with Crippen molar-refractivity contribution in [2.45, 2.75) is 12.5 Å². The number of amides is 1. The summed E-state index contributed by atoms with van der Waals surface area (Å²) in [6, 6.07) is 20.4. The first-order valence-corrected chi connectivity index (χ1v) is 10.4. The minimum absolute atomic E-state index is 0.0209. The first-order valence-electron chi connectivity index (χ1n) is 10.4. The molecule has 6 nitrogen and oxygen atoms in total. The van der Waals surface area contributed by atoms with Crippen LogP contribution in [0.5, 0.6) is 0 Å². The highest BCUT2D eigenvalue weighted by molar-refractivity contribution is 5.93. The number of nitrogens with one attached hydrogen (secondary N) is 1. The standard InChI is InChI=1S/C24H27N5O/c1-28(15-12-21-9-5-6-13-25-21)24(30)20-10-11-23(27-17-20)29-16-14-26-22(18-29)19-7-3-2-4-8-19/h2-11,13,17,22,26H,12,14-16,18H2,1H3. The van der Waals surface area contributed by atoms with Gasteiger partial charge in [0, 0.05) is 63.8 Å². The van der Waals surface area contributed by atoms with Gasteiger partial charge in [0.25, 0.3) is 5.91 Å². The highest BCUT2D eigenvalue weighted by Gasteiger charge is 2.22. The van der Waals surface area contributed by atoms with Crippen molar-refractivity contribution in [1.29, 1.82) is 0 Å². The Morgan fingerprint density at radius 2 is 1.93 bits per heavy atom. The Balaban J connectivity index is 1.36. The van der Waals surface area contributed by atoms with E-state index in [2.05, 4.69) is 44.5 Å². The van der Waals surface area contributed by atoms with Gasteiger partial charge in [-0.3, -0.25) is 9.78 Å². The van der Waals surface area contributed by atoms with Gasteiger partial charge in [0.1, 0.15) is 5.82 Å². The van der Waals surface area contributed by atoms with Crippen LogP contribution in [-0.4, -0.2) is 54.0 Å². The Bertz CT molecular complexity index is 946. The van der Waals surface area contributed by atoms with Crippen LogP contribution in [0.25, 0.3) is 0 Å². The van der Waals surface area contributed by atoms with Gasteiger partial charge in [0.05, 0.1) is 5.56 Å². The van der Waals surface area contributed by atoms with Gasteiger partial charge in [-0.2, -0.15) is 0 Å². The minimum Gasteiger partial charge on any atom is -0.353 e. The number of carbonyl (C=O) groups is 1. The molecule has 1 amide bonds. The van der Waals surface area contributed by atoms with E-state index in [-0.39, 0.29) is 11.9 Å². The van der Waals surface area contributed by atoms with Gasteiger partial charge < -0.3 is 15.1 Å². The number of aromatic nitrogens is 2. The lowest BCUT2D eigenvalue weighted by Crippen LogP contribution is -2.46. The van der Waals surface area contributed by atoms with Crippen molar-refractivity contribution in [2.75, 3.05) is 38.1 Å². The molecule has 3 aromatic rings. The van der Waals surface area contributed by atoms with Crippen molar-refractivity contribution in [2.24, 2.45) is 0 Å². The predicted molar refractivity (Wildman–Crippen MR) is 119 cm³/mol. The van der Waals surface area contributed by atoms with Crippen molar-refractivity contribution in [1.82, 2.24) is 20.2 Å². The molecule has 4 rings (SSSR count). The molecular weight excluding hydrogens is 374 g/mol. The van der Waals surface area contributed by atoms with E-state index < -0.39 is 0 Å². The topological polar surface area (TPSA) is 61.4 Å². The van der Waals surface area contributed by atoms with Gasteiger partial charge in [-0.05, 0) is 29.8 Å². The number of piperazine rings is 1. The van der Waals surface area contributed by atoms with E-state index in [1.807, 2.05) is 43.4 Å². The van der Waals surface area contributed by atoms with Crippen LogP contribution in [0.4, 0.5) is 5.82 Å². The van der Waals surface area contributed by atoms with Crippen LogP contribution in [-0.2, 0) is 6.42 Å². The van der Waals surface area contributed by atoms with E-state index in [4.69, 9.17) is 0 Å². The Hall–Kier alpha value is -3.25. The minimum atomic E-state index is -0.0209. The smallest absolute Gasteiger partial charge is 0.255 e. The summed E-state index contributed by atoms with van der Waals surface area (Å²) in [6.07, 6.45) is 4.20. The number of carbonyl (C=O) groups excluding carboxylic acids is 1. The summed E-state index contributed by atoms with van der Waals surface area (Å²) in [6.45, 7) is 3.27. The van der Waals surface area contributed by atoms with Gasteiger partial charge in [-0.1, -0.05) is 36.4 Å². The number of anilines is 1. The fourth-order valence-corrected chi connectivity index (χ4v) is 3.72. The van der Waals surface area contributed by atoms with Crippen LogP contribution < -0.4 is 10.2 Å². The zero-order valence-corrected chi connectivity index (χ0v) is 17.2. The maximum atomic E-state index is 12.7. The Labute approximate surface area is 177 Å². The molecule has 1 aromatic carbocycles. The Morgan fingerprint density at radius 1 is 1.10 bits per heavy atom. The van der Waals surface area contributed by atoms with Crippen LogP contribution in [0.15, 0.2) is 73.1 Å². The normalized spacial score (nSPS) is 16.3. The molecule has 6 heteroatoms. The lowest BCUT2D eigenvalue weighted by molar-refractivity contribution is 0.0796. The van der Waals surface area contributed by atoms with Crippen LogP contribution in [0.2, 0.25) is 0 Å². The van der Waals surface area contributed by atoms with Gasteiger partial charge in [0.2, 0.25) is 0 Å². The molecule has 154 valence electrons. The van der Waals surface area contributed by atoms with Crippen molar-refractivity contribution in [3.05, 3.63) is 89.9 Å². The molecule has 0 radical (unpaired) electrons. The highest BCUT2D eigenvalue weighted by Crippen LogP contribution is 2.21. The summed E-state index contributed by atoms with van der Waals surface area (Å²) in [7, 11) is 1.82. The molecule has 1 fully saturated rings. The lowest BCUT2D eigenvalue weighted by Gasteiger charge is -2.34. The molecule has 1 atom stereocenters. The van der Waals surface area contributed by atoms with E-state index in [9.17, 15) is 4.79 Å². The quantitative estimate of drug-likeness (QED) is 0.688. The molecule has 0 saturated carbocycles. The number of benzene rings is 1. The number of hydrogen-bond donors (Lipinski definition) is 1. The third-order valence-electron chi connectivity index (χ3n) is 5.47. The fourth-order valence-electron chi connectivity index (χ4n) is 3.72. The molecule has 0 spiro atoms. The summed E-state index contributed by atoms with van der Waals surface area (Å²) in [4.78, 5) is 25.6. The summed E-state index contributed by atoms with van der Waals surface area (Å²) in [5.41, 5.74) is 2.87. The van der Waals surface area contributed by atoms with Gasteiger partial charge in [0.15, 0.2) is 0 Å². The SMILES string of the molecule is CN(CCc1ccccn1)C(=O)c1ccc(N2CCNC(c3ccccc3)C2)nc1. The van der Waals surface area contributed by atoms with Crippen LogP contribution >= 0.6 is 0 Å². The molecule has 1 unspecified atom stereocenters. The second-order valence-electron chi connectivity index (χ2n) is 7.57. The fraction of sp³-hybridized carbons (Fsp3) is 0.292. The molecule has 2 aromatic heterocycles. The van der Waals surface area contributed by atoms with Crippen molar-refractivity contribution >= 4 is 11.7 Å². The average Bonchev–Trinajstić information content (AvgIpc) is 2.83. The molecular formula is C24H27N5O. The number of likely N-dealkylation sites (N-methyl/N-ethyl adjacent to an activating group) is 1. The highest BCUT2D eigenvalue weighted by atomic mass is 16.2. The molecule has 1 saturated heterocycles. The lowest BCUT2D eigenvalue weighted by atomic mass is 10.0. The van der Waals surface area contributed by atoms with Crippen LogP contribution in [0.1, 0.15) is 27.7 Å². The van der Waals surface area contributed by atoms with Gasteiger partial charge in [-0.25, -0.2) is 4.98 Å². The Morgan fingerprint density at radius 3 is 2.67 bits per heavy atom. The van der Waals surface area contributed by atoms with E-state index in [1.165, 1.54) is 5.56 Å². The summed E-state index contributed by atoms with van der Waals surface area (Å²) in [5.74, 6) is 0.887. The molecule has 1 N–H and O–H groups in total. The third-order valence-corrected chi connectivity index (χ3v) is 5.47. The van der Waals surface area contributed by atoms with Crippen molar-refractivity contribution in [3.63, 3.8) is 0 Å². The number of rotatable bonds is 6. The summed E-state index contributed by atoms with van der Waals surface area (Å²) < 4.78 is 0. The summed E-state index contributed by atoms with van der Waals surface area (Å²) >= 11 is 0. The molecule has 30 heavy (non-hydrogen) atoms. The van der Waals surface area contributed by atoms with E-state index >= 15 is 0 Å². The second-order valence-corrected chi connectivity index (χ2v) is 7.57. The zero-order valence-electron chi connectivity index (χ0n) is 17.2. The average molecular weight is 402 g/mol. The van der Waals surface area contributed by atoms with E-state index in [0.717, 1.165) is 37.6 Å².